The van der Waals surface area contributed by atoms with E-state index >= 15 is 0 Å². The topological polar surface area (TPSA) is 90.0 Å². The molecule has 1 aromatic heterocycles. The Bertz CT molecular complexity index is 1140. The summed E-state index contributed by atoms with van der Waals surface area (Å²) in [6, 6.07) is 12.7. The van der Waals surface area contributed by atoms with Crippen LogP contribution in [0.1, 0.15) is 4.88 Å². The van der Waals surface area contributed by atoms with Gasteiger partial charge in [-0.05, 0) is 37.3 Å². The number of hydrogen-bond acceptors (Lipinski definition) is 7. The van der Waals surface area contributed by atoms with Gasteiger partial charge < -0.3 is 19.1 Å². The van der Waals surface area contributed by atoms with Crippen LogP contribution in [0.25, 0.3) is 11.3 Å². The standard InChI is InChI=1S/C22H21N3O5S/c1-13-21(14-8-9-16-15(10-14)25(2)20(27)12-30-16)24-22(31-13)23-19(26)11-29-18-7-5-4-6-17(18)28-3/h4-10H,11-12H2,1-3H3,(H,23,24,26). The molecule has 0 fully saturated rings. The number of benzene rings is 2. The monoisotopic (exact) mass is 439 g/mol. The first-order valence-electron chi connectivity index (χ1n) is 9.53. The lowest BCUT2D eigenvalue weighted by atomic mass is 10.1. The van der Waals surface area contributed by atoms with E-state index in [0.717, 1.165) is 16.1 Å². The number of fused-ring (bicyclic) bond motifs is 1. The van der Waals surface area contributed by atoms with Gasteiger partial charge in [0.05, 0.1) is 18.5 Å². The molecule has 0 unspecified atom stereocenters. The second-order valence-corrected chi connectivity index (χ2v) is 8.04. The van der Waals surface area contributed by atoms with Gasteiger partial charge in [-0.3, -0.25) is 14.9 Å². The van der Waals surface area contributed by atoms with E-state index in [4.69, 9.17) is 14.2 Å². The molecule has 9 heteroatoms. The Labute approximate surface area is 183 Å². The van der Waals surface area contributed by atoms with E-state index in [9.17, 15) is 9.59 Å². The fraction of sp³-hybridized carbons (Fsp3) is 0.227. The predicted octanol–water partition coefficient (Wildman–Crippen LogP) is 3.50. The van der Waals surface area contributed by atoms with Gasteiger partial charge in [-0.2, -0.15) is 0 Å². The number of anilines is 2. The van der Waals surface area contributed by atoms with Gasteiger partial charge in [0, 0.05) is 17.5 Å². The van der Waals surface area contributed by atoms with Crippen LogP contribution in [0.5, 0.6) is 17.2 Å². The molecular formula is C22H21N3O5S. The van der Waals surface area contributed by atoms with Gasteiger partial charge in [-0.15, -0.1) is 11.3 Å². The summed E-state index contributed by atoms with van der Waals surface area (Å²) < 4.78 is 16.2. The number of aryl methyl sites for hydroxylation is 1. The minimum atomic E-state index is -0.324. The summed E-state index contributed by atoms with van der Waals surface area (Å²) in [5.74, 6) is 1.27. The molecule has 1 aliphatic heterocycles. The van der Waals surface area contributed by atoms with Crippen molar-refractivity contribution in [2.75, 3.05) is 37.6 Å². The molecule has 0 atom stereocenters. The van der Waals surface area contributed by atoms with Crippen LogP contribution in [0.15, 0.2) is 42.5 Å². The third-order valence-electron chi connectivity index (χ3n) is 4.79. The van der Waals surface area contributed by atoms with E-state index in [1.807, 2.05) is 31.2 Å². The molecule has 2 amide bonds. The third kappa shape index (κ3) is 4.31. The van der Waals surface area contributed by atoms with Crippen LogP contribution >= 0.6 is 11.3 Å². The second kappa shape index (κ2) is 8.65. The maximum absolute atomic E-state index is 12.3. The van der Waals surface area contributed by atoms with Gasteiger partial charge in [0.2, 0.25) is 0 Å². The fourth-order valence-corrected chi connectivity index (χ4v) is 4.03. The summed E-state index contributed by atoms with van der Waals surface area (Å²) in [6.07, 6.45) is 0. The summed E-state index contributed by atoms with van der Waals surface area (Å²) in [5, 5.41) is 3.24. The highest BCUT2D eigenvalue weighted by atomic mass is 32.1. The molecule has 0 saturated carbocycles. The lowest BCUT2D eigenvalue weighted by molar-refractivity contribution is -0.121. The molecule has 0 saturated heterocycles. The lowest BCUT2D eigenvalue weighted by Crippen LogP contribution is -2.35. The van der Waals surface area contributed by atoms with Gasteiger partial charge in [-0.1, -0.05) is 12.1 Å². The van der Waals surface area contributed by atoms with Crippen molar-refractivity contribution in [3.8, 4) is 28.5 Å². The molecule has 1 aliphatic rings. The zero-order chi connectivity index (χ0) is 22.0. The molecule has 0 spiro atoms. The van der Waals surface area contributed by atoms with Crippen LogP contribution in [0.4, 0.5) is 10.8 Å². The Morgan fingerprint density at radius 2 is 2.03 bits per heavy atom. The highest BCUT2D eigenvalue weighted by Crippen LogP contribution is 2.37. The van der Waals surface area contributed by atoms with Crippen LogP contribution < -0.4 is 24.4 Å². The van der Waals surface area contributed by atoms with Crippen molar-refractivity contribution in [1.82, 2.24) is 4.98 Å². The largest absolute Gasteiger partial charge is 0.493 e. The molecule has 8 nitrogen and oxygen atoms in total. The van der Waals surface area contributed by atoms with E-state index in [2.05, 4.69) is 10.3 Å². The minimum Gasteiger partial charge on any atom is -0.493 e. The van der Waals surface area contributed by atoms with Crippen LogP contribution in [0, 0.1) is 6.92 Å². The Morgan fingerprint density at radius 3 is 2.81 bits per heavy atom. The highest BCUT2D eigenvalue weighted by molar-refractivity contribution is 7.16. The van der Waals surface area contributed by atoms with Crippen LogP contribution in [-0.2, 0) is 9.59 Å². The van der Waals surface area contributed by atoms with Crippen molar-refractivity contribution in [3.63, 3.8) is 0 Å². The molecule has 0 aliphatic carbocycles. The number of carbonyl (C=O) groups is 2. The zero-order valence-corrected chi connectivity index (χ0v) is 18.1. The molecule has 1 N–H and O–H groups in total. The number of nitrogens with zero attached hydrogens (tertiary/aromatic N) is 2. The summed E-state index contributed by atoms with van der Waals surface area (Å²) >= 11 is 1.37. The smallest absolute Gasteiger partial charge is 0.264 e. The van der Waals surface area contributed by atoms with E-state index in [1.165, 1.54) is 11.3 Å². The number of ether oxygens (including phenoxy) is 3. The number of para-hydroxylation sites is 2. The Balaban J connectivity index is 1.47. The number of nitrogens with one attached hydrogen (secondary N) is 1. The number of methoxy groups -OCH3 is 1. The van der Waals surface area contributed by atoms with Crippen molar-refractivity contribution in [3.05, 3.63) is 47.3 Å². The van der Waals surface area contributed by atoms with Gasteiger partial charge in [-0.25, -0.2) is 4.98 Å². The first-order chi connectivity index (χ1) is 15.0. The maximum atomic E-state index is 12.3. The van der Waals surface area contributed by atoms with Crippen molar-refractivity contribution < 1.29 is 23.8 Å². The molecule has 0 bridgehead atoms. The molecule has 2 heterocycles. The molecule has 160 valence electrons. The number of carbonyl (C=O) groups excluding carboxylic acids is 2. The number of rotatable bonds is 6. The molecule has 4 rings (SSSR count). The number of thiazole rings is 1. The molecular weight excluding hydrogens is 418 g/mol. The number of amides is 2. The van der Waals surface area contributed by atoms with E-state index < -0.39 is 0 Å². The van der Waals surface area contributed by atoms with Gasteiger partial charge >= 0.3 is 0 Å². The average molecular weight is 439 g/mol. The molecule has 0 radical (unpaired) electrons. The highest BCUT2D eigenvalue weighted by Gasteiger charge is 2.23. The van der Waals surface area contributed by atoms with Crippen LogP contribution in [0.3, 0.4) is 0 Å². The molecule has 3 aromatic rings. The van der Waals surface area contributed by atoms with Crippen molar-refractivity contribution in [2.45, 2.75) is 6.92 Å². The maximum Gasteiger partial charge on any atom is 0.264 e. The van der Waals surface area contributed by atoms with E-state index in [1.54, 1.807) is 37.3 Å². The summed E-state index contributed by atoms with van der Waals surface area (Å²) in [6.45, 7) is 1.79. The zero-order valence-electron chi connectivity index (χ0n) is 17.3. The number of likely N-dealkylation sites (N-methyl/N-ethyl adjacent to an activating group) is 1. The predicted molar refractivity (Wildman–Crippen MR) is 118 cm³/mol. The molecule has 2 aromatic carbocycles. The van der Waals surface area contributed by atoms with Crippen molar-refractivity contribution in [1.29, 1.82) is 0 Å². The molecule has 31 heavy (non-hydrogen) atoms. The van der Waals surface area contributed by atoms with Crippen LogP contribution in [0.2, 0.25) is 0 Å². The van der Waals surface area contributed by atoms with Gasteiger partial charge in [0.15, 0.2) is 29.8 Å². The summed E-state index contributed by atoms with van der Waals surface area (Å²) in [4.78, 5) is 31.3. The summed E-state index contributed by atoms with van der Waals surface area (Å²) in [5.41, 5.74) is 2.26. The lowest BCUT2D eigenvalue weighted by Gasteiger charge is -2.26. The first kappa shape index (κ1) is 20.7. The SMILES string of the molecule is COc1ccccc1OCC(=O)Nc1nc(-c2ccc3c(c2)N(C)C(=O)CO3)c(C)s1. The average Bonchev–Trinajstić information content (AvgIpc) is 3.14. The fourth-order valence-electron chi connectivity index (χ4n) is 3.17. The van der Waals surface area contributed by atoms with E-state index in [0.29, 0.717) is 28.1 Å². The Morgan fingerprint density at radius 1 is 1.26 bits per heavy atom. The number of aromatic nitrogens is 1. The van der Waals surface area contributed by atoms with E-state index in [-0.39, 0.29) is 25.0 Å². The van der Waals surface area contributed by atoms with Gasteiger partial charge in [0.1, 0.15) is 5.75 Å². The van der Waals surface area contributed by atoms with Crippen molar-refractivity contribution >= 4 is 34.0 Å². The van der Waals surface area contributed by atoms with Crippen LogP contribution in [-0.4, -0.2) is 44.2 Å². The third-order valence-corrected chi connectivity index (χ3v) is 5.68. The minimum absolute atomic E-state index is 0.0334. The first-order valence-corrected chi connectivity index (χ1v) is 10.3. The second-order valence-electron chi connectivity index (χ2n) is 6.84. The van der Waals surface area contributed by atoms with Crippen molar-refractivity contribution in [2.24, 2.45) is 0 Å². The Kier molecular flexibility index (Phi) is 5.77. The van der Waals surface area contributed by atoms with Gasteiger partial charge in [0.25, 0.3) is 11.8 Å². The number of hydrogen-bond donors (Lipinski definition) is 1. The summed E-state index contributed by atoms with van der Waals surface area (Å²) in [7, 11) is 3.26. The quantitative estimate of drug-likeness (QED) is 0.632. The normalized spacial score (nSPS) is 12.7. The Hall–Kier alpha value is -3.59.